The highest BCUT2D eigenvalue weighted by atomic mass is 32.2. The highest BCUT2D eigenvalue weighted by Gasteiger charge is 2.32. The van der Waals surface area contributed by atoms with E-state index < -0.39 is 9.84 Å². The van der Waals surface area contributed by atoms with Crippen molar-refractivity contribution in [2.24, 2.45) is 0 Å². The van der Waals surface area contributed by atoms with Crippen LogP contribution in [0.15, 0.2) is 29.4 Å². The molecular weight excluding hydrogens is 391 g/mol. The Balaban J connectivity index is 1.45. The van der Waals surface area contributed by atoms with Crippen LogP contribution in [0.3, 0.4) is 0 Å². The van der Waals surface area contributed by atoms with E-state index in [1.807, 2.05) is 4.57 Å². The fraction of sp³-hybridized carbons (Fsp3) is 0.471. The lowest BCUT2D eigenvalue weighted by molar-refractivity contribution is -0.119. The Kier molecular flexibility index (Phi) is 4.94. The molecule has 7 nitrogen and oxygen atoms in total. The highest BCUT2D eigenvalue weighted by Crippen LogP contribution is 2.41. The fourth-order valence-electron chi connectivity index (χ4n) is 3.17. The number of aromatic nitrogens is 3. The zero-order valence-electron chi connectivity index (χ0n) is 14.5. The maximum Gasteiger partial charge on any atom is 0.230 e. The lowest BCUT2D eigenvalue weighted by Crippen LogP contribution is -2.36. The number of hydrogen-bond acceptors (Lipinski definition) is 6. The van der Waals surface area contributed by atoms with Gasteiger partial charge in [-0.2, -0.15) is 0 Å². The summed E-state index contributed by atoms with van der Waals surface area (Å²) in [5, 5.41) is 11.6. The second-order valence-electron chi connectivity index (χ2n) is 6.84. The molecule has 1 N–H and O–H groups in total. The van der Waals surface area contributed by atoms with E-state index >= 15 is 0 Å². The predicted octanol–water partition coefficient (Wildman–Crippen LogP) is 1.81. The predicted molar refractivity (Wildman–Crippen MR) is 99.6 cm³/mol. The average molecular weight is 410 g/mol. The third-order valence-electron chi connectivity index (χ3n) is 4.62. The number of carbonyl (C=O) groups excluding carboxylic acids is 1. The van der Waals surface area contributed by atoms with E-state index in [1.165, 1.54) is 17.8 Å². The van der Waals surface area contributed by atoms with Gasteiger partial charge in [-0.15, -0.1) is 10.2 Å². The third-order valence-corrected chi connectivity index (χ3v) is 7.33. The van der Waals surface area contributed by atoms with Gasteiger partial charge in [0, 0.05) is 12.1 Å². The monoisotopic (exact) mass is 410 g/mol. The number of thioether (sulfide) groups is 1. The number of nitrogens with one attached hydrogen (secondary N) is 1. The molecule has 10 heteroatoms. The van der Waals surface area contributed by atoms with Gasteiger partial charge in [0.1, 0.15) is 5.82 Å². The third kappa shape index (κ3) is 4.16. The summed E-state index contributed by atoms with van der Waals surface area (Å²) < 4.78 is 39.0. The molecule has 2 fully saturated rings. The summed E-state index contributed by atoms with van der Waals surface area (Å²) in [5.74, 6) is 0.106. The van der Waals surface area contributed by atoms with Crippen molar-refractivity contribution < 1.29 is 17.6 Å². The maximum atomic E-state index is 14.2. The summed E-state index contributed by atoms with van der Waals surface area (Å²) in [6, 6.07) is 6.33. The summed E-state index contributed by atoms with van der Waals surface area (Å²) in [5.41, 5.74) is 0.393. The molecule has 4 rings (SSSR count). The first-order chi connectivity index (χ1) is 12.9. The van der Waals surface area contributed by atoms with Crippen LogP contribution in [0.2, 0.25) is 0 Å². The van der Waals surface area contributed by atoms with Crippen LogP contribution in [0.5, 0.6) is 0 Å². The topological polar surface area (TPSA) is 93.9 Å². The standard InChI is InChI=1S/C17H19FN4O3S2/c18-14-4-2-1-3-13(14)16-20-21-17(22(16)12-5-6-12)26-9-15(23)19-11-7-8-27(24,25)10-11/h1-4,11-12H,5-10H2,(H,19,23)/t11-/m0/s1. The molecule has 2 aliphatic rings. The van der Waals surface area contributed by atoms with Crippen LogP contribution < -0.4 is 5.32 Å². The molecule has 1 aromatic heterocycles. The van der Waals surface area contributed by atoms with E-state index in [4.69, 9.17) is 0 Å². The molecule has 1 saturated carbocycles. The Morgan fingerprint density at radius 3 is 2.70 bits per heavy atom. The number of carbonyl (C=O) groups is 1. The number of nitrogens with zero attached hydrogens (tertiary/aromatic N) is 3. The molecule has 1 aliphatic carbocycles. The van der Waals surface area contributed by atoms with Crippen molar-refractivity contribution in [3.63, 3.8) is 0 Å². The quantitative estimate of drug-likeness (QED) is 0.730. The van der Waals surface area contributed by atoms with Crippen LogP contribution in [0, 0.1) is 5.82 Å². The number of hydrogen-bond donors (Lipinski definition) is 1. The summed E-state index contributed by atoms with van der Waals surface area (Å²) in [4.78, 5) is 12.2. The normalized spacial score (nSPS) is 21.3. The Morgan fingerprint density at radius 2 is 2.04 bits per heavy atom. The van der Waals surface area contributed by atoms with E-state index in [2.05, 4.69) is 15.5 Å². The molecule has 2 aromatic rings. The molecule has 27 heavy (non-hydrogen) atoms. The first-order valence-electron chi connectivity index (χ1n) is 8.75. The minimum Gasteiger partial charge on any atom is -0.352 e. The summed E-state index contributed by atoms with van der Waals surface area (Å²) >= 11 is 1.23. The van der Waals surface area contributed by atoms with Gasteiger partial charge in [-0.25, -0.2) is 12.8 Å². The van der Waals surface area contributed by atoms with E-state index in [0.717, 1.165) is 12.8 Å². The first kappa shape index (κ1) is 18.4. The molecule has 1 saturated heterocycles. The highest BCUT2D eigenvalue weighted by molar-refractivity contribution is 7.99. The Bertz CT molecular complexity index is 972. The molecule has 0 unspecified atom stereocenters. The van der Waals surface area contributed by atoms with Gasteiger partial charge in [0.25, 0.3) is 0 Å². The largest absolute Gasteiger partial charge is 0.352 e. The van der Waals surface area contributed by atoms with Crippen molar-refractivity contribution in [2.75, 3.05) is 17.3 Å². The lowest BCUT2D eigenvalue weighted by Gasteiger charge is -2.11. The molecule has 1 aliphatic heterocycles. The van der Waals surface area contributed by atoms with Crippen molar-refractivity contribution in [1.29, 1.82) is 0 Å². The number of amides is 1. The maximum absolute atomic E-state index is 14.2. The second-order valence-corrected chi connectivity index (χ2v) is 10.0. The van der Waals surface area contributed by atoms with Crippen LogP contribution in [-0.4, -0.2) is 52.4 Å². The molecule has 0 spiro atoms. The number of halogens is 1. The Labute approximate surface area is 160 Å². The summed E-state index contributed by atoms with van der Waals surface area (Å²) in [7, 11) is -3.03. The van der Waals surface area contributed by atoms with Gasteiger partial charge in [-0.3, -0.25) is 9.36 Å². The van der Waals surface area contributed by atoms with E-state index in [-0.39, 0.29) is 41.1 Å². The van der Waals surface area contributed by atoms with E-state index in [0.29, 0.717) is 23.0 Å². The van der Waals surface area contributed by atoms with Crippen LogP contribution in [0.25, 0.3) is 11.4 Å². The second kappa shape index (κ2) is 7.23. The van der Waals surface area contributed by atoms with Gasteiger partial charge >= 0.3 is 0 Å². The van der Waals surface area contributed by atoms with Gasteiger partial charge in [0.15, 0.2) is 20.8 Å². The molecule has 0 radical (unpaired) electrons. The SMILES string of the molecule is O=C(CSc1nnc(-c2ccccc2F)n1C1CC1)N[C@H]1CCS(=O)(=O)C1. The molecule has 1 amide bonds. The average Bonchev–Trinajstić information content (AvgIpc) is 3.28. The molecule has 1 aromatic carbocycles. The molecule has 1 atom stereocenters. The summed E-state index contributed by atoms with van der Waals surface area (Å²) in [6.07, 6.45) is 2.40. The first-order valence-corrected chi connectivity index (χ1v) is 11.6. The lowest BCUT2D eigenvalue weighted by atomic mass is 10.2. The van der Waals surface area contributed by atoms with Crippen LogP contribution in [0.1, 0.15) is 25.3 Å². The number of sulfone groups is 1. The minimum atomic E-state index is -3.03. The zero-order chi connectivity index (χ0) is 19.0. The van der Waals surface area contributed by atoms with Gasteiger partial charge in [-0.05, 0) is 31.4 Å². The Morgan fingerprint density at radius 1 is 1.26 bits per heavy atom. The molecule has 2 heterocycles. The van der Waals surface area contributed by atoms with Crippen molar-refractivity contribution in [3.05, 3.63) is 30.1 Å². The van der Waals surface area contributed by atoms with Crippen molar-refractivity contribution in [2.45, 2.75) is 36.5 Å². The smallest absolute Gasteiger partial charge is 0.230 e. The van der Waals surface area contributed by atoms with Gasteiger partial charge in [0.05, 0.1) is 22.8 Å². The van der Waals surface area contributed by atoms with Crippen LogP contribution >= 0.6 is 11.8 Å². The van der Waals surface area contributed by atoms with E-state index in [1.54, 1.807) is 18.2 Å². The van der Waals surface area contributed by atoms with Crippen LogP contribution in [0.4, 0.5) is 4.39 Å². The molecule has 144 valence electrons. The molecular formula is C17H19FN4O3S2. The van der Waals surface area contributed by atoms with Gasteiger partial charge in [-0.1, -0.05) is 23.9 Å². The zero-order valence-corrected chi connectivity index (χ0v) is 16.1. The van der Waals surface area contributed by atoms with Crippen molar-refractivity contribution in [1.82, 2.24) is 20.1 Å². The summed E-state index contributed by atoms with van der Waals surface area (Å²) in [6.45, 7) is 0. The fourth-order valence-corrected chi connectivity index (χ4v) is 5.66. The molecule has 0 bridgehead atoms. The van der Waals surface area contributed by atoms with Crippen molar-refractivity contribution >= 4 is 27.5 Å². The number of rotatable bonds is 6. The van der Waals surface area contributed by atoms with Gasteiger partial charge < -0.3 is 5.32 Å². The van der Waals surface area contributed by atoms with Crippen LogP contribution in [-0.2, 0) is 14.6 Å². The Hall–Kier alpha value is -1.94. The minimum absolute atomic E-state index is 0.000897. The van der Waals surface area contributed by atoms with Crippen molar-refractivity contribution in [3.8, 4) is 11.4 Å². The number of benzene rings is 1. The van der Waals surface area contributed by atoms with E-state index in [9.17, 15) is 17.6 Å². The van der Waals surface area contributed by atoms with Gasteiger partial charge in [0.2, 0.25) is 5.91 Å².